The molecule has 0 N–H and O–H groups in total. The first-order valence-corrected chi connectivity index (χ1v) is 7.64. The van der Waals surface area contributed by atoms with Crippen LogP contribution >= 0.6 is 0 Å². The zero-order valence-corrected chi connectivity index (χ0v) is 11.5. The van der Waals surface area contributed by atoms with Crippen molar-refractivity contribution in [2.75, 3.05) is 19.0 Å². The number of hydrogen-bond acceptors (Lipinski definition) is 4. The van der Waals surface area contributed by atoms with E-state index in [1.54, 1.807) is 31.2 Å². The number of hydrogen-bond donors (Lipinski definition) is 0. The summed E-state index contributed by atoms with van der Waals surface area (Å²) in [5.74, 6) is -0.718. The molecule has 0 bridgehead atoms. The molecule has 1 saturated heterocycles. The molecule has 5 heteroatoms. The second-order valence-electron chi connectivity index (χ2n) is 4.71. The van der Waals surface area contributed by atoms with E-state index in [1.807, 2.05) is 6.92 Å². The number of rotatable bonds is 4. The topological polar surface area (TPSA) is 52.6 Å². The van der Waals surface area contributed by atoms with Crippen LogP contribution in [0.25, 0.3) is 0 Å². The van der Waals surface area contributed by atoms with E-state index in [0.29, 0.717) is 24.5 Å². The summed E-state index contributed by atoms with van der Waals surface area (Å²) in [6.07, 6.45) is 0.350. The second kappa shape index (κ2) is 4.99. The fourth-order valence-corrected chi connectivity index (χ4v) is 3.31. The van der Waals surface area contributed by atoms with Crippen molar-refractivity contribution in [3.8, 4) is 0 Å². The SMILES string of the molecule is Cc1ccc(S(=O)(=O)CCC2(C)OCCO2)cc1. The van der Waals surface area contributed by atoms with Crippen molar-refractivity contribution in [1.29, 1.82) is 0 Å². The minimum Gasteiger partial charge on any atom is -0.348 e. The van der Waals surface area contributed by atoms with Crippen molar-refractivity contribution >= 4 is 9.84 Å². The zero-order chi connectivity index (χ0) is 13.2. The fourth-order valence-electron chi connectivity index (χ4n) is 1.88. The first-order valence-electron chi connectivity index (χ1n) is 5.99. The molecule has 1 aromatic carbocycles. The van der Waals surface area contributed by atoms with Crippen molar-refractivity contribution in [2.24, 2.45) is 0 Å². The van der Waals surface area contributed by atoms with Gasteiger partial charge < -0.3 is 9.47 Å². The molecular formula is C13H18O4S. The zero-order valence-electron chi connectivity index (χ0n) is 10.7. The highest BCUT2D eigenvalue weighted by molar-refractivity contribution is 7.91. The molecule has 18 heavy (non-hydrogen) atoms. The lowest BCUT2D eigenvalue weighted by atomic mass is 10.2. The van der Waals surface area contributed by atoms with Crippen LogP contribution in [-0.2, 0) is 19.3 Å². The summed E-state index contributed by atoms with van der Waals surface area (Å²) >= 11 is 0. The van der Waals surface area contributed by atoms with Crippen LogP contribution in [0.1, 0.15) is 18.9 Å². The molecule has 1 fully saturated rings. The van der Waals surface area contributed by atoms with Crippen LogP contribution in [0.4, 0.5) is 0 Å². The highest BCUT2D eigenvalue weighted by atomic mass is 32.2. The Morgan fingerprint density at radius 2 is 1.72 bits per heavy atom. The Labute approximate surface area is 108 Å². The Balaban J connectivity index is 2.05. The molecule has 0 atom stereocenters. The van der Waals surface area contributed by atoms with Gasteiger partial charge in [-0.15, -0.1) is 0 Å². The molecule has 0 aromatic heterocycles. The summed E-state index contributed by atoms with van der Waals surface area (Å²) in [6, 6.07) is 6.89. The largest absolute Gasteiger partial charge is 0.348 e. The van der Waals surface area contributed by atoms with Gasteiger partial charge in [0.05, 0.1) is 23.9 Å². The molecule has 0 amide bonds. The lowest BCUT2D eigenvalue weighted by molar-refractivity contribution is -0.142. The lowest BCUT2D eigenvalue weighted by Crippen LogP contribution is -2.28. The highest BCUT2D eigenvalue weighted by Gasteiger charge is 2.32. The van der Waals surface area contributed by atoms with E-state index in [0.717, 1.165) is 5.56 Å². The van der Waals surface area contributed by atoms with E-state index in [1.165, 1.54) is 0 Å². The molecule has 4 nitrogen and oxygen atoms in total. The summed E-state index contributed by atoms with van der Waals surface area (Å²) in [6.45, 7) is 4.77. The maximum absolute atomic E-state index is 12.1. The number of sulfone groups is 1. The predicted molar refractivity (Wildman–Crippen MR) is 68.2 cm³/mol. The summed E-state index contributed by atoms with van der Waals surface area (Å²) in [7, 11) is -3.26. The predicted octanol–water partition coefficient (Wildman–Crippen LogP) is 1.92. The molecular weight excluding hydrogens is 252 g/mol. The average Bonchev–Trinajstić information content (AvgIpc) is 2.75. The van der Waals surface area contributed by atoms with Crippen LogP contribution in [0.5, 0.6) is 0 Å². The molecule has 0 spiro atoms. The van der Waals surface area contributed by atoms with Crippen LogP contribution in [-0.4, -0.2) is 33.2 Å². The van der Waals surface area contributed by atoms with Gasteiger partial charge in [-0.25, -0.2) is 8.42 Å². The smallest absolute Gasteiger partial charge is 0.178 e. The molecule has 1 aliphatic heterocycles. The maximum Gasteiger partial charge on any atom is 0.178 e. The molecule has 0 radical (unpaired) electrons. The van der Waals surface area contributed by atoms with Gasteiger partial charge in [0, 0.05) is 6.42 Å². The Hall–Kier alpha value is -0.910. The van der Waals surface area contributed by atoms with Crippen LogP contribution in [0.2, 0.25) is 0 Å². The fraction of sp³-hybridized carbons (Fsp3) is 0.538. The Bertz CT molecular complexity index is 498. The third-order valence-electron chi connectivity index (χ3n) is 3.10. The summed E-state index contributed by atoms with van der Waals surface area (Å²) in [4.78, 5) is 0.356. The third kappa shape index (κ3) is 3.10. The summed E-state index contributed by atoms with van der Waals surface area (Å²) < 4.78 is 35.1. The van der Waals surface area contributed by atoms with Gasteiger partial charge in [-0.1, -0.05) is 17.7 Å². The lowest BCUT2D eigenvalue weighted by Gasteiger charge is -2.21. The van der Waals surface area contributed by atoms with E-state index in [9.17, 15) is 8.42 Å². The molecule has 0 saturated carbocycles. The number of benzene rings is 1. The van der Waals surface area contributed by atoms with Crippen LogP contribution in [0, 0.1) is 6.92 Å². The molecule has 2 rings (SSSR count). The summed E-state index contributed by atoms with van der Waals surface area (Å²) in [5, 5.41) is 0. The minimum atomic E-state index is -3.26. The van der Waals surface area contributed by atoms with Crippen LogP contribution < -0.4 is 0 Å². The van der Waals surface area contributed by atoms with Gasteiger partial charge in [0.15, 0.2) is 15.6 Å². The van der Waals surface area contributed by atoms with Gasteiger partial charge in [-0.2, -0.15) is 0 Å². The Morgan fingerprint density at radius 1 is 1.17 bits per heavy atom. The first kappa shape index (κ1) is 13.5. The number of ether oxygens (including phenoxy) is 2. The van der Waals surface area contributed by atoms with Crippen LogP contribution in [0.15, 0.2) is 29.2 Å². The van der Waals surface area contributed by atoms with Gasteiger partial charge in [-0.05, 0) is 26.0 Å². The molecule has 1 heterocycles. The van der Waals surface area contributed by atoms with Crippen molar-refractivity contribution in [2.45, 2.75) is 31.0 Å². The maximum atomic E-state index is 12.1. The number of aryl methyl sites for hydroxylation is 1. The standard InChI is InChI=1S/C13H18O4S/c1-11-3-5-12(6-4-11)18(14,15)10-7-13(2)16-8-9-17-13/h3-6H,7-10H2,1-2H3. The van der Waals surface area contributed by atoms with Crippen molar-refractivity contribution < 1.29 is 17.9 Å². The van der Waals surface area contributed by atoms with E-state index < -0.39 is 15.6 Å². The van der Waals surface area contributed by atoms with E-state index in [2.05, 4.69) is 0 Å². The third-order valence-corrected chi connectivity index (χ3v) is 4.84. The van der Waals surface area contributed by atoms with Gasteiger partial charge >= 0.3 is 0 Å². The normalized spacial score (nSPS) is 19.0. The minimum absolute atomic E-state index is 0.0343. The molecule has 1 aliphatic rings. The molecule has 0 unspecified atom stereocenters. The molecule has 100 valence electrons. The van der Waals surface area contributed by atoms with Crippen molar-refractivity contribution in [3.05, 3.63) is 29.8 Å². The average molecular weight is 270 g/mol. The van der Waals surface area contributed by atoms with Crippen molar-refractivity contribution in [3.63, 3.8) is 0 Å². The van der Waals surface area contributed by atoms with E-state index in [4.69, 9.17) is 9.47 Å². The van der Waals surface area contributed by atoms with Crippen molar-refractivity contribution in [1.82, 2.24) is 0 Å². The second-order valence-corrected chi connectivity index (χ2v) is 6.82. The first-order chi connectivity index (χ1) is 8.41. The van der Waals surface area contributed by atoms with Gasteiger partial charge in [0.2, 0.25) is 0 Å². The quantitative estimate of drug-likeness (QED) is 0.839. The van der Waals surface area contributed by atoms with E-state index >= 15 is 0 Å². The van der Waals surface area contributed by atoms with Gasteiger partial charge in [0.1, 0.15) is 0 Å². The highest BCUT2D eigenvalue weighted by Crippen LogP contribution is 2.24. The Kier molecular flexibility index (Phi) is 3.75. The van der Waals surface area contributed by atoms with Crippen LogP contribution in [0.3, 0.4) is 0 Å². The van der Waals surface area contributed by atoms with Gasteiger partial charge in [0.25, 0.3) is 0 Å². The summed E-state index contributed by atoms with van der Waals surface area (Å²) in [5.41, 5.74) is 1.04. The van der Waals surface area contributed by atoms with E-state index in [-0.39, 0.29) is 5.75 Å². The monoisotopic (exact) mass is 270 g/mol. The molecule has 1 aromatic rings. The molecule has 0 aliphatic carbocycles. The van der Waals surface area contributed by atoms with Gasteiger partial charge in [-0.3, -0.25) is 0 Å². The Morgan fingerprint density at radius 3 is 2.28 bits per heavy atom.